The van der Waals surface area contributed by atoms with Gasteiger partial charge >= 0.3 is 5.97 Å². The highest BCUT2D eigenvalue weighted by Crippen LogP contribution is 2.25. The van der Waals surface area contributed by atoms with Crippen LogP contribution in [0.1, 0.15) is 19.8 Å². The standard InChI is InChI=1S/C16H22N2O3S/c1-3-21-15(19)12-7-6-10-18(11-12)16(22)17-13-8-4-5-9-14(13)20-2/h4-5,8-9,12H,3,6-7,10-11H2,1-2H3,(H,17,22)/t12-/m0/s1. The van der Waals surface area contributed by atoms with Gasteiger partial charge in [-0.15, -0.1) is 0 Å². The van der Waals surface area contributed by atoms with Crippen LogP contribution in [0, 0.1) is 5.92 Å². The van der Waals surface area contributed by atoms with E-state index in [1.807, 2.05) is 36.1 Å². The monoisotopic (exact) mass is 322 g/mol. The number of thiocarbonyl (C=S) groups is 1. The molecule has 1 aliphatic heterocycles. The largest absolute Gasteiger partial charge is 0.495 e. The lowest BCUT2D eigenvalue weighted by atomic mass is 9.98. The molecule has 0 aromatic heterocycles. The molecule has 6 heteroatoms. The van der Waals surface area contributed by atoms with Crippen LogP contribution in [0.2, 0.25) is 0 Å². The first-order valence-electron chi connectivity index (χ1n) is 7.51. The molecule has 0 spiro atoms. The number of ether oxygens (including phenoxy) is 2. The van der Waals surface area contributed by atoms with Crippen LogP contribution in [0.5, 0.6) is 5.75 Å². The van der Waals surface area contributed by atoms with Crippen molar-refractivity contribution < 1.29 is 14.3 Å². The van der Waals surface area contributed by atoms with Gasteiger partial charge in [0.2, 0.25) is 0 Å². The molecular formula is C16H22N2O3S. The second kappa shape index (κ2) is 7.98. The molecule has 120 valence electrons. The van der Waals surface area contributed by atoms with Crippen molar-refractivity contribution in [3.8, 4) is 5.75 Å². The van der Waals surface area contributed by atoms with Crippen molar-refractivity contribution in [3.63, 3.8) is 0 Å². The third-order valence-corrected chi connectivity index (χ3v) is 4.04. The van der Waals surface area contributed by atoms with Gasteiger partial charge in [0, 0.05) is 13.1 Å². The Hall–Kier alpha value is -1.82. The molecule has 1 aliphatic rings. The maximum Gasteiger partial charge on any atom is 0.310 e. The number of carbonyl (C=O) groups is 1. The number of hydrogen-bond acceptors (Lipinski definition) is 4. The van der Waals surface area contributed by atoms with Crippen LogP contribution in [0.4, 0.5) is 5.69 Å². The highest BCUT2D eigenvalue weighted by Gasteiger charge is 2.28. The average Bonchev–Trinajstić information content (AvgIpc) is 2.55. The fourth-order valence-electron chi connectivity index (χ4n) is 2.56. The number of methoxy groups -OCH3 is 1. The Bertz CT molecular complexity index is 536. The summed E-state index contributed by atoms with van der Waals surface area (Å²) in [6.07, 6.45) is 1.78. The van der Waals surface area contributed by atoms with E-state index in [9.17, 15) is 4.79 Å². The van der Waals surface area contributed by atoms with E-state index in [0.717, 1.165) is 30.8 Å². The molecule has 0 unspecified atom stereocenters. The number of para-hydroxylation sites is 2. The van der Waals surface area contributed by atoms with Crippen molar-refractivity contribution in [2.75, 3.05) is 32.1 Å². The first-order valence-corrected chi connectivity index (χ1v) is 7.92. The molecule has 0 amide bonds. The number of carbonyl (C=O) groups excluding carboxylic acids is 1. The summed E-state index contributed by atoms with van der Waals surface area (Å²) in [4.78, 5) is 13.9. The summed E-state index contributed by atoms with van der Waals surface area (Å²) in [6, 6.07) is 7.62. The molecule has 1 N–H and O–H groups in total. The van der Waals surface area contributed by atoms with Crippen molar-refractivity contribution in [2.45, 2.75) is 19.8 Å². The zero-order valence-corrected chi connectivity index (χ0v) is 13.8. The van der Waals surface area contributed by atoms with Crippen LogP contribution in [-0.4, -0.2) is 42.8 Å². The van der Waals surface area contributed by atoms with E-state index < -0.39 is 0 Å². The molecule has 1 fully saturated rings. The van der Waals surface area contributed by atoms with Gasteiger partial charge in [-0.3, -0.25) is 4.79 Å². The molecule has 5 nitrogen and oxygen atoms in total. The first-order chi connectivity index (χ1) is 10.7. The second-order valence-electron chi connectivity index (χ2n) is 5.17. The summed E-state index contributed by atoms with van der Waals surface area (Å²) < 4.78 is 10.4. The zero-order chi connectivity index (χ0) is 15.9. The van der Waals surface area contributed by atoms with Crippen LogP contribution in [0.3, 0.4) is 0 Å². The Morgan fingerprint density at radius 2 is 2.23 bits per heavy atom. The minimum absolute atomic E-state index is 0.105. The van der Waals surface area contributed by atoms with Crippen LogP contribution in [-0.2, 0) is 9.53 Å². The van der Waals surface area contributed by atoms with Crippen molar-refractivity contribution in [1.29, 1.82) is 0 Å². The summed E-state index contributed by atoms with van der Waals surface area (Å²) in [5.41, 5.74) is 0.827. The van der Waals surface area contributed by atoms with E-state index in [1.54, 1.807) is 7.11 Å². The van der Waals surface area contributed by atoms with Gasteiger partial charge in [-0.2, -0.15) is 0 Å². The lowest BCUT2D eigenvalue weighted by Crippen LogP contribution is -2.44. The van der Waals surface area contributed by atoms with Crippen LogP contribution in [0.15, 0.2) is 24.3 Å². The Labute approximate surface area is 136 Å². The quantitative estimate of drug-likeness (QED) is 0.679. The van der Waals surface area contributed by atoms with Gasteiger partial charge in [0.15, 0.2) is 5.11 Å². The number of rotatable bonds is 4. The number of likely N-dealkylation sites (tertiary alicyclic amines) is 1. The average molecular weight is 322 g/mol. The first kappa shape index (κ1) is 16.5. The number of piperidine rings is 1. The molecule has 22 heavy (non-hydrogen) atoms. The Morgan fingerprint density at radius 3 is 2.95 bits per heavy atom. The molecule has 1 aromatic rings. The highest BCUT2D eigenvalue weighted by atomic mass is 32.1. The summed E-state index contributed by atoms with van der Waals surface area (Å²) in [7, 11) is 1.63. The maximum absolute atomic E-state index is 11.9. The van der Waals surface area contributed by atoms with E-state index in [1.165, 1.54) is 0 Å². The molecule has 0 saturated carbocycles. The number of benzene rings is 1. The predicted octanol–water partition coefficient (Wildman–Crippen LogP) is 2.67. The minimum atomic E-state index is -0.132. The number of nitrogens with one attached hydrogen (secondary N) is 1. The number of esters is 1. The minimum Gasteiger partial charge on any atom is -0.495 e. The van der Waals surface area contributed by atoms with Gasteiger partial charge in [0.25, 0.3) is 0 Å². The third-order valence-electron chi connectivity index (χ3n) is 3.68. The number of nitrogens with zero attached hydrogens (tertiary/aromatic N) is 1. The highest BCUT2D eigenvalue weighted by molar-refractivity contribution is 7.80. The van der Waals surface area contributed by atoms with Crippen LogP contribution in [0.25, 0.3) is 0 Å². The van der Waals surface area contributed by atoms with Crippen molar-refractivity contribution in [1.82, 2.24) is 4.90 Å². The van der Waals surface area contributed by atoms with Crippen molar-refractivity contribution >= 4 is 29.0 Å². The Kier molecular flexibility index (Phi) is 6.00. The molecule has 1 atom stereocenters. The number of anilines is 1. The van der Waals surface area contributed by atoms with Crippen molar-refractivity contribution in [2.24, 2.45) is 5.92 Å². The fraction of sp³-hybridized carbons (Fsp3) is 0.500. The lowest BCUT2D eigenvalue weighted by Gasteiger charge is -2.33. The van der Waals surface area contributed by atoms with E-state index in [2.05, 4.69) is 5.32 Å². The molecule has 2 rings (SSSR count). The van der Waals surface area contributed by atoms with Gasteiger partial charge < -0.3 is 19.7 Å². The molecule has 1 aromatic carbocycles. The summed E-state index contributed by atoms with van der Waals surface area (Å²) in [5, 5.41) is 3.81. The lowest BCUT2D eigenvalue weighted by molar-refractivity contribution is -0.149. The summed E-state index contributed by atoms with van der Waals surface area (Å²) >= 11 is 5.47. The van der Waals surface area contributed by atoms with Gasteiger partial charge in [0.1, 0.15) is 5.75 Å². The smallest absolute Gasteiger partial charge is 0.310 e. The van der Waals surface area contributed by atoms with Crippen LogP contribution < -0.4 is 10.1 Å². The molecule has 1 heterocycles. The second-order valence-corrected chi connectivity index (χ2v) is 5.55. The third kappa shape index (κ3) is 4.10. The maximum atomic E-state index is 11.9. The van der Waals surface area contributed by atoms with Crippen LogP contribution >= 0.6 is 12.2 Å². The van der Waals surface area contributed by atoms with E-state index in [0.29, 0.717) is 18.3 Å². The van der Waals surface area contributed by atoms with Gasteiger partial charge in [-0.05, 0) is 44.1 Å². The normalized spacial score (nSPS) is 17.7. The molecule has 1 saturated heterocycles. The molecule has 0 aliphatic carbocycles. The molecular weight excluding hydrogens is 300 g/mol. The predicted molar refractivity (Wildman–Crippen MR) is 90.1 cm³/mol. The summed E-state index contributed by atoms with van der Waals surface area (Å²) in [6.45, 7) is 3.68. The Morgan fingerprint density at radius 1 is 1.45 bits per heavy atom. The molecule has 0 bridgehead atoms. The van der Waals surface area contributed by atoms with E-state index in [-0.39, 0.29) is 11.9 Å². The van der Waals surface area contributed by atoms with Gasteiger partial charge in [0.05, 0.1) is 25.3 Å². The SMILES string of the molecule is CCOC(=O)[C@H]1CCCN(C(=S)Nc2ccccc2OC)C1. The van der Waals surface area contributed by atoms with Gasteiger partial charge in [-0.1, -0.05) is 12.1 Å². The van der Waals surface area contributed by atoms with E-state index >= 15 is 0 Å². The number of hydrogen-bond donors (Lipinski definition) is 1. The molecule has 0 radical (unpaired) electrons. The summed E-state index contributed by atoms with van der Waals surface area (Å²) in [5.74, 6) is 0.502. The van der Waals surface area contributed by atoms with Crippen molar-refractivity contribution in [3.05, 3.63) is 24.3 Å². The Balaban J connectivity index is 1.98. The van der Waals surface area contributed by atoms with Gasteiger partial charge in [-0.25, -0.2) is 0 Å². The van der Waals surface area contributed by atoms with E-state index in [4.69, 9.17) is 21.7 Å². The topological polar surface area (TPSA) is 50.8 Å². The fourth-order valence-corrected chi connectivity index (χ4v) is 2.83. The zero-order valence-electron chi connectivity index (χ0n) is 13.0.